The van der Waals surface area contributed by atoms with Crippen LogP contribution in [0.25, 0.3) is 10.8 Å². The summed E-state index contributed by atoms with van der Waals surface area (Å²) < 4.78 is 5.59. The number of hydrogen-bond acceptors (Lipinski definition) is 4. The molecule has 4 atom stereocenters. The zero-order valence-corrected chi connectivity index (χ0v) is 24.6. The number of carbonyl (C=O) groups is 2. The standard InChI is InChI=1S/C33H42N2O3S/c1-22(2)30(32(37)34-28(29-20-38-29)18-23-12-7-6-8-13-23)35-31(36)26(21-39-33(3,4)5)19-25-16-11-15-24-14-9-10-17-27(24)25/h6-17,22,26,28-30H,18-21H2,1-5H3,(H,34,37)(H,35,36)/t26-,28?,29?,30+/m1/s1. The first-order valence-corrected chi connectivity index (χ1v) is 15.0. The quantitative estimate of drug-likeness (QED) is 0.282. The van der Waals surface area contributed by atoms with Crippen LogP contribution in [0.1, 0.15) is 45.7 Å². The van der Waals surface area contributed by atoms with Crippen LogP contribution in [-0.4, -0.2) is 47.1 Å². The summed E-state index contributed by atoms with van der Waals surface area (Å²) in [5, 5.41) is 8.69. The molecule has 1 aliphatic rings. The summed E-state index contributed by atoms with van der Waals surface area (Å²) in [5.41, 5.74) is 2.31. The Kier molecular flexibility index (Phi) is 9.73. The average Bonchev–Trinajstić information content (AvgIpc) is 3.75. The van der Waals surface area contributed by atoms with Gasteiger partial charge >= 0.3 is 0 Å². The molecular weight excluding hydrogens is 504 g/mol. The normalized spacial score (nSPS) is 17.4. The van der Waals surface area contributed by atoms with Crippen molar-refractivity contribution in [2.45, 2.75) is 70.4 Å². The second kappa shape index (κ2) is 13.0. The zero-order chi connectivity index (χ0) is 28.0. The van der Waals surface area contributed by atoms with Crippen LogP contribution >= 0.6 is 11.8 Å². The molecule has 3 aromatic rings. The number of hydrogen-bond donors (Lipinski definition) is 2. The van der Waals surface area contributed by atoms with Crippen molar-refractivity contribution in [1.82, 2.24) is 10.6 Å². The topological polar surface area (TPSA) is 70.7 Å². The van der Waals surface area contributed by atoms with E-state index in [1.165, 1.54) is 10.8 Å². The molecule has 39 heavy (non-hydrogen) atoms. The molecule has 2 amide bonds. The highest BCUT2D eigenvalue weighted by atomic mass is 32.2. The average molecular weight is 547 g/mol. The molecule has 0 spiro atoms. The fraction of sp³-hybridized carbons (Fsp3) is 0.455. The summed E-state index contributed by atoms with van der Waals surface area (Å²) in [5.74, 6) is 0.135. The van der Waals surface area contributed by atoms with Crippen molar-refractivity contribution < 1.29 is 14.3 Å². The number of rotatable bonds is 12. The predicted octanol–water partition coefficient (Wildman–Crippen LogP) is 5.80. The number of fused-ring (bicyclic) bond motifs is 1. The minimum absolute atomic E-state index is 0.0139. The molecule has 4 rings (SSSR count). The predicted molar refractivity (Wildman–Crippen MR) is 162 cm³/mol. The van der Waals surface area contributed by atoms with E-state index in [-0.39, 0.29) is 40.5 Å². The Morgan fingerprint density at radius 3 is 2.23 bits per heavy atom. The highest BCUT2D eigenvalue weighted by Gasteiger charge is 2.36. The lowest BCUT2D eigenvalue weighted by Crippen LogP contribution is -2.55. The van der Waals surface area contributed by atoms with Crippen molar-refractivity contribution in [3.05, 3.63) is 83.9 Å². The van der Waals surface area contributed by atoms with E-state index in [2.05, 4.69) is 73.9 Å². The first kappa shape index (κ1) is 29.2. The molecule has 0 saturated carbocycles. The molecule has 6 heteroatoms. The van der Waals surface area contributed by atoms with Crippen molar-refractivity contribution in [2.75, 3.05) is 12.4 Å². The molecule has 0 aromatic heterocycles. The van der Waals surface area contributed by atoms with Gasteiger partial charge in [-0.1, -0.05) is 107 Å². The van der Waals surface area contributed by atoms with Gasteiger partial charge in [-0.3, -0.25) is 9.59 Å². The maximum atomic E-state index is 13.8. The van der Waals surface area contributed by atoms with Gasteiger partial charge in [0.25, 0.3) is 0 Å². The Bertz CT molecular complexity index is 1250. The molecule has 2 N–H and O–H groups in total. The van der Waals surface area contributed by atoms with Crippen LogP contribution < -0.4 is 10.6 Å². The van der Waals surface area contributed by atoms with E-state index in [9.17, 15) is 9.59 Å². The van der Waals surface area contributed by atoms with E-state index in [1.807, 2.05) is 44.2 Å². The van der Waals surface area contributed by atoms with Crippen molar-refractivity contribution in [1.29, 1.82) is 0 Å². The number of amides is 2. The Hall–Kier alpha value is -2.83. The third kappa shape index (κ3) is 8.58. The van der Waals surface area contributed by atoms with Crippen molar-refractivity contribution in [3.8, 4) is 0 Å². The summed E-state index contributed by atoms with van der Waals surface area (Å²) in [4.78, 5) is 27.4. The van der Waals surface area contributed by atoms with Gasteiger partial charge in [-0.05, 0) is 40.7 Å². The number of nitrogens with one attached hydrogen (secondary N) is 2. The van der Waals surface area contributed by atoms with Crippen LogP contribution in [0.3, 0.4) is 0 Å². The minimum Gasteiger partial charge on any atom is -0.371 e. The molecular formula is C33H42N2O3S. The summed E-state index contributed by atoms with van der Waals surface area (Å²) in [6.07, 6.45) is 1.33. The first-order chi connectivity index (χ1) is 18.6. The lowest BCUT2D eigenvalue weighted by molar-refractivity contribution is -0.132. The van der Waals surface area contributed by atoms with Gasteiger partial charge in [-0.2, -0.15) is 11.8 Å². The second-order valence-electron chi connectivity index (χ2n) is 11.9. The van der Waals surface area contributed by atoms with E-state index in [1.54, 1.807) is 11.8 Å². The zero-order valence-electron chi connectivity index (χ0n) is 23.8. The minimum atomic E-state index is -0.621. The molecule has 2 unspecified atom stereocenters. The molecule has 5 nitrogen and oxygen atoms in total. The monoisotopic (exact) mass is 546 g/mol. The number of carbonyl (C=O) groups excluding carboxylic acids is 2. The van der Waals surface area contributed by atoms with E-state index < -0.39 is 6.04 Å². The number of benzene rings is 3. The summed E-state index contributed by atoms with van der Waals surface area (Å²) in [7, 11) is 0. The van der Waals surface area contributed by atoms with Crippen LogP contribution in [0.2, 0.25) is 0 Å². The molecule has 0 aliphatic carbocycles. The fourth-order valence-electron chi connectivity index (χ4n) is 4.82. The highest BCUT2D eigenvalue weighted by Crippen LogP contribution is 2.29. The van der Waals surface area contributed by atoms with Crippen LogP contribution in [0.4, 0.5) is 0 Å². The third-order valence-electron chi connectivity index (χ3n) is 7.12. The summed E-state index contributed by atoms with van der Waals surface area (Å²) in [6, 6.07) is 24.0. The molecule has 1 heterocycles. The second-order valence-corrected chi connectivity index (χ2v) is 13.7. The molecule has 1 saturated heterocycles. The Morgan fingerprint density at radius 2 is 1.56 bits per heavy atom. The van der Waals surface area contributed by atoms with Gasteiger partial charge in [-0.15, -0.1) is 0 Å². The van der Waals surface area contributed by atoms with Crippen molar-refractivity contribution >= 4 is 34.3 Å². The maximum Gasteiger partial charge on any atom is 0.243 e. The number of ether oxygens (including phenoxy) is 1. The maximum absolute atomic E-state index is 13.8. The van der Waals surface area contributed by atoms with Gasteiger partial charge in [0, 0.05) is 10.5 Å². The third-order valence-corrected chi connectivity index (χ3v) is 8.55. The van der Waals surface area contributed by atoms with Gasteiger partial charge in [0.1, 0.15) is 12.1 Å². The molecule has 208 valence electrons. The largest absolute Gasteiger partial charge is 0.371 e. The Balaban J connectivity index is 1.49. The van der Waals surface area contributed by atoms with Gasteiger partial charge in [-0.25, -0.2) is 0 Å². The summed E-state index contributed by atoms with van der Waals surface area (Å²) in [6.45, 7) is 11.1. The van der Waals surface area contributed by atoms with Crippen LogP contribution in [0.15, 0.2) is 72.8 Å². The van der Waals surface area contributed by atoms with Crippen LogP contribution in [0.5, 0.6) is 0 Å². The lowest BCUT2D eigenvalue weighted by atomic mass is 9.94. The van der Waals surface area contributed by atoms with E-state index in [0.717, 1.165) is 11.1 Å². The van der Waals surface area contributed by atoms with Crippen LogP contribution in [-0.2, 0) is 27.2 Å². The van der Waals surface area contributed by atoms with Crippen LogP contribution in [0, 0.1) is 11.8 Å². The molecule has 0 bridgehead atoms. The van der Waals surface area contributed by atoms with Gasteiger partial charge < -0.3 is 15.4 Å². The summed E-state index contributed by atoms with van der Waals surface area (Å²) >= 11 is 1.78. The van der Waals surface area contributed by atoms with E-state index in [0.29, 0.717) is 25.2 Å². The number of thioether (sulfide) groups is 1. The smallest absolute Gasteiger partial charge is 0.243 e. The number of epoxide rings is 1. The van der Waals surface area contributed by atoms with Gasteiger partial charge in [0.05, 0.1) is 18.6 Å². The lowest BCUT2D eigenvalue weighted by Gasteiger charge is -2.28. The Labute approximate surface area is 237 Å². The van der Waals surface area contributed by atoms with Gasteiger partial charge in [0.2, 0.25) is 11.8 Å². The van der Waals surface area contributed by atoms with Crippen molar-refractivity contribution in [3.63, 3.8) is 0 Å². The molecule has 3 aromatic carbocycles. The van der Waals surface area contributed by atoms with E-state index in [4.69, 9.17) is 4.74 Å². The Morgan fingerprint density at radius 1 is 0.897 bits per heavy atom. The van der Waals surface area contributed by atoms with Gasteiger partial charge in [0.15, 0.2) is 0 Å². The molecule has 1 fully saturated rings. The first-order valence-electron chi connectivity index (χ1n) is 14.0. The fourth-order valence-corrected chi connectivity index (χ4v) is 5.79. The molecule has 1 aliphatic heterocycles. The SMILES string of the molecule is CC(C)[C@H](NC(=O)[C@@H](CSC(C)(C)C)Cc1cccc2ccccc12)C(=O)NC(Cc1ccccc1)C1CO1. The highest BCUT2D eigenvalue weighted by molar-refractivity contribution is 8.00. The molecule has 0 radical (unpaired) electrons. The van der Waals surface area contributed by atoms with Crippen molar-refractivity contribution in [2.24, 2.45) is 11.8 Å². The van der Waals surface area contributed by atoms with E-state index >= 15 is 0 Å².